The van der Waals surface area contributed by atoms with Crippen molar-refractivity contribution in [1.82, 2.24) is 15.1 Å². The Morgan fingerprint density at radius 3 is 2.78 bits per heavy atom. The van der Waals surface area contributed by atoms with Gasteiger partial charge in [0.15, 0.2) is 5.96 Å². The fourth-order valence-corrected chi connectivity index (χ4v) is 3.58. The molecule has 2 rings (SSSR count). The average molecular weight is 377 g/mol. The lowest BCUT2D eigenvalue weighted by molar-refractivity contribution is 0.326. The highest BCUT2D eigenvalue weighted by atomic mass is 16.5. The van der Waals surface area contributed by atoms with Crippen LogP contribution < -0.4 is 14.8 Å². The normalized spacial score (nSPS) is 17.8. The number of nitrogens with zero attached hydrogens (tertiary/aromatic N) is 3. The molecule has 6 heteroatoms. The molecular formula is C21H36N4O2. The fourth-order valence-electron chi connectivity index (χ4n) is 3.58. The van der Waals surface area contributed by atoms with Crippen LogP contribution in [-0.2, 0) is 6.54 Å². The van der Waals surface area contributed by atoms with Crippen molar-refractivity contribution in [3.8, 4) is 11.5 Å². The maximum atomic E-state index is 5.53. The first-order valence-corrected chi connectivity index (χ1v) is 10.0. The third-order valence-corrected chi connectivity index (χ3v) is 5.01. The molecule has 1 aliphatic rings. The van der Waals surface area contributed by atoms with Gasteiger partial charge in [-0.1, -0.05) is 6.92 Å². The zero-order valence-corrected chi connectivity index (χ0v) is 17.6. The van der Waals surface area contributed by atoms with Gasteiger partial charge in [0.05, 0.1) is 14.2 Å². The summed E-state index contributed by atoms with van der Waals surface area (Å²) in [6.45, 7) is 10.4. The van der Waals surface area contributed by atoms with E-state index >= 15 is 0 Å². The average Bonchev–Trinajstić information content (AvgIpc) is 3.13. The Labute approximate surface area is 164 Å². The Hall–Kier alpha value is -1.95. The minimum absolute atomic E-state index is 0.661. The molecule has 1 aromatic carbocycles. The molecule has 6 nitrogen and oxygen atoms in total. The van der Waals surface area contributed by atoms with Gasteiger partial charge in [0, 0.05) is 44.9 Å². The van der Waals surface area contributed by atoms with Gasteiger partial charge in [-0.3, -0.25) is 4.99 Å². The second kappa shape index (κ2) is 11.0. The lowest BCUT2D eigenvalue weighted by atomic mass is 10.1. The predicted molar refractivity (Wildman–Crippen MR) is 112 cm³/mol. The van der Waals surface area contributed by atoms with Crippen LogP contribution in [0, 0.1) is 5.92 Å². The van der Waals surface area contributed by atoms with Gasteiger partial charge in [-0.15, -0.1) is 0 Å². The Morgan fingerprint density at radius 1 is 1.30 bits per heavy atom. The van der Waals surface area contributed by atoms with Gasteiger partial charge in [0.2, 0.25) is 0 Å². The summed E-state index contributed by atoms with van der Waals surface area (Å²) >= 11 is 0. The molecule has 0 radical (unpaired) electrons. The molecule has 1 aliphatic heterocycles. The number of methoxy groups -OCH3 is 2. The monoisotopic (exact) mass is 376 g/mol. The molecule has 0 spiro atoms. The summed E-state index contributed by atoms with van der Waals surface area (Å²) in [4.78, 5) is 9.63. The molecule has 1 fully saturated rings. The van der Waals surface area contributed by atoms with Crippen molar-refractivity contribution in [2.75, 3.05) is 54.0 Å². The maximum absolute atomic E-state index is 5.53. The van der Waals surface area contributed by atoms with Crippen molar-refractivity contribution in [3.05, 3.63) is 23.8 Å². The van der Waals surface area contributed by atoms with E-state index in [0.717, 1.165) is 42.7 Å². The summed E-state index contributed by atoms with van der Waals surface area (Å²) in [7, 11) is 5.43. The fraction of sp³-hybridized carbons (Fsp3) is 0.667. The zero-order valence-electron chi connectivity index (χ0n) is 17.6. The summed E-state index contributed by atoms with van der Waals surface area (Å²) in [6, 6.07) is 5.95. The second-order valence-corrected chi connectivity index (χ2v) is 7.18. The van der Waals surface area contributed by atoms with Crippen LogP contribution >= 0.6 is 0 Å². The molecule has 27 heavy (non-hydrogen) atoms. The van der Waals surface area contributed by atoms with Gasteiger partial charge in [0.25, 0.3) is 0 Å². The zero-order chi connectivity index (χ0) is 19.6. The van der Waals surface area contributed by atoms with Gasteiger partial charge < -0.3 is 24.6 Å². The van der Waals surface area contributed by atoms with Gasteiger partial charge in [-0.2, -0.15) is 0 Å². The van der Waals surface area contributed by atoms with E-state index in [2.05, 4.69) is 42.1 Å². The third-order valence-electron chi connectivity index (χ3n) is 5.01. The van der Waals surface area contributed by atoms with Gasteiger partial charge >= 0.3 is 0 Å². The molecule has 1 aromatic rings. The third kappa shape index (κ3) is 6.31. The van der Waals surface area contributed by atoms with E-state index in [1.807, 2.05) is 12.1 Å². The molecule has 1 atom stereocenters. The largest absolute Gasteiger partial charge is 0.497 e. The number of likely N-dealkylation sites (tertiary alicyclic amines) is 1. The second-order valence-electron chi connectivity index (χ2n) is 7.18. The van der Waals surface area contributed by atoms with E-state index in [4.69, 9.17) is 14.5 Å². The first kappa shape index (κ1) is 21.4. The lowest BCUT2D eigenvalue weighted by Gasteiger charge is -2.24. The molecule has 0 aliphatic carbocycles. The lowest BCUT2D eigenvalue weighted by Crippen LogP contribution is -2.39. The van der Waals surface area contributed by atoms with Gasteiger partial charge in [-0.25, -0.2) is 0 Å². The van der Waals surface area contributed by atoms with Crippen molar-refractivity contribution in [2.45, 2.75) is 33.2 Å². The van der Waals surface area contributed by atoms with Crippen LogP contribution in [0.25, 0.3) is 0 Å². The van der Waals surface area contributed by atoms with E-state index in [9.17, 15) is 0 Å². The van der Waals surface area contributed by atoms with E-state index in [-0.39, 0.29) is 0 Å². The van der Waals surface area contributed by atoms with Crippen molar-refractivity contribution in [3.63, 3.8) is 0 Å². The summed E-state index contributed by atoms with van der Waals surface area (Å²) in [5, 5.41) is 3.42. The SMILES string of the molecule is CCCN1CCC(CN=C(NCC)N(C)Cc2ccc(OC)cc2OC)C1. The molecule has 0 amide bonds. The number of rotatable bonds is 9. The highest BCUT2D eigenvalue weighted by molar-refractivity contribution is 5.79. The first-order chi connectivity index (χ1) is 13.1. The maximum Gasteiger partial charge on any atom is 0.193 e. The highest BCUT2D eigenvalue weighted by Gasteiger charge is 2.21. The summed E-state index contributed by atoms with van der Waals surface area (Å²) in [5.41, 5.74) is 1.11. The number of aliphatic imine (C=N–C) groups is 1. The molecule has 152 valence electrons. The Kier molecular flexibility index (Phi) is 8.72. The Balaban J connectivity index is 2.01. The molecule has 1 heterocycles. The molecule has 0 aromatic heterocycles. The van der Waals surface area contributed by atoms with Crippen LogP contribution in [0.3, 0.4) is 0 Å². The molecule has 0 saturated carbocycles. The van der Waals surface area contributed by atoms with E-state index < -0.39 is 0 Å². The molecule has 1 N–H and O–H groups in total. The smallest absolute Gasteiger partial charge is 0.193 e. The number of ether oxygens (including phenoxy) is 2. The van der Waals surface area contributed by atoms with E-state index in [0.29, 0.717) is 5.92 Å². The van der Waals surface area contributed by atoms with Crippen molar-refractivity contribution in [1.29, 1.82) is 0 Å². The molecule has 1 saturated heterocycles. The van der Waals surface area contributed by atoms with Crippen LogP contribution in [0.4, 0.5) is 0 Å². The minimum atomic E-state index is 0.661. The minimum Gasteiger partial charge on any atom is -0.497 e. The summed E-state index contributed by atoms with van der Waals surface area (Å²) in [6.07, 6.45) is 2.48. The van der Waals surface area contributed by atoms with Crippen LogP contribution in [0.1, 0.15) is 32.3 Å². The number of benzene rings is 1. The molecule has 0 bridgehead atoms. The highest BCUT2D eigenvalue weighted by Crippen LogP contribution is 2.25. The molecular weight excluding hydrogens is 340 g/mol. The number of hydrogen-bond acceptors (Lipinski definition) is 4. The van der Waals surface area contributed by atoms with Crippen molar-refractivity contribution < 1.29 is 9.47 Å². The van der Waals surface area contributed by atoms with E-state index in [1.165, 1.54) is 32.5 Å². The van der Waals surface area contributed by atoms with Crippen LogP contribution in [0.15, 0.2) is 23.2 Å². The number of guanidine groups is 1. The predicted octanol–water partition coefficient (Wildman–Crippen LogP) is 2.83. The number of hydrogen-bond donors (Lipinski definition) is 1. The first-order valence-electron chi connectivity index (χ1n) is 10.0. The van der Waals surface area contributed by atoms with Crippen molar-refractivity contribution in [2.24, 2.45) is 10.9 Å². The Morgan fingerprint density at radius 2 is 2.11 bits per heavy atom. The van der Waals surface area contributed by atoms with Gasteiger partial charge in [-0.05, 0) is 50.9 Å². The van der Waals surface area contributed by atoms with Crippen LogP contribution in [0.5, 0.6) is 11.5 Å². The van der Waals surface area contributed by atoms with Crippen LogP contribution in [-0.4, -0.2) is 69.8 Å². The summed E-state index contributed by atoms with van der Waals surface area (Å²) < 4.78 is 10.8. The number of nitrogens with one attached hydrogen (secondary N) is 1. The van der Waals surface area contributed by atoms with E-state index in [1.54, 1.807) is 14.2 Å². The topological polar surface area (TPSA) is 49.3 Å². The van der Waals surface area contributed by atoms with Gasteiger partial charge in [0.1, 0.15) is 11.5 Å². The Bertz CT molecular complexity index is 606. The summed E-state index contributed by atoms with van der Waals surface area (Å²) in [5.74, 6) is 3.25. The quantitative estimate of drug-likeness (QED) is 0.530. The standard InChI is InChI=1S/C21H36N4O2/c1-6-11-25-12-10-17(15-25)14-23-21(22-7-2)24(3)16-18-8-9-19(26-4)13-20(18)27-5/h8-9,13,17H,6-7,10-12,14-16H2,1-5H3,(H,22,23). The van der Waals surface area contributed by atoms with Crippen LogP contribution in [0.2, 0.25) is 0 Å². The molecule has 1 unspecified atom stereocenters. The van der Waals surface area contributed by atoms with Crippen molar-refractivity contribution >= 4 is 5.96 Å².